The third kappa shape index (κ3) is 4.86. The number of allylic oxidation sites excluding steroid dienone is 1. The zero-order chi connectivity index (χ0) is 16.0. The number of hydrogen-bond donors (Lipinski definition) is 2. The van der Waals surface area contributed by atoms with Crippen molar-refractivity contribution < 1.29 is 9.18 Å². The highest BCUT2D eigenvalue weighted by atomic mass is 19.1. The van der Waals surface area contributed by atoms with Gasteiger partial charge in [-0.2, -0.15) is 0 Å². The molecule has 0 spiro atoms. The Bertz CT molecular complexity index is 535. The van der Waals surface area contributed by atoms with E-state index in [1.54, 1.807) is 12.1 Å². The van der Waals surface area contributed by atoms with Crippen LogP contribution in [0.4, 0.5) is 9.18 Å². The van der Waals surface area contributed by atoms with E-state index in [-0.39, 0.29) is 11.8 Å². The fraction of sp³-hybridized carbons (Fsp3) is 0.500. The molecule has 2 N–H and O–H groups in total. The predicted molar refractivity (Wildman–Crippen MR) is 87.1 cm³/mol. The third-order valence-corrected chi connectivity index (χ3v) is 4.11. The van der Waals surface area contributed by atoms with Crippen LogP contribution >= 0.6 is 0 Å². The molecule has 1 aromatic carbocycles. The van der Waals surface area contributed by atoms with Crippen LogP contribution in [-0.2, 0) is 5.54 Å². The molecular formula is C18H25FN2O. The normalized spacial score (nSPS) is 15.1. The van der Waals surface area contributed by atoms with Crippen LogP contribution in [0, 0.1) is 5.82 Å². The summed E-state index contributed by atoms with van der Waals surface area (Å²) in [7, 11) is 0. The molecule has 2 rings (SSSR count). The molecule has 22 heavy (non-hydrogen) atoms. The van der Waals surface area contributed by atoms with Crippen LogP contribution in [0.3, 0.4) is 0 Å². The van der Waals surface area contributed by atoms with Crippen molar-refractivity contribution in [2.75, 3.05) is 6.54 Å². The lowest BCUT2D eigenvalue weighted by Gasteiger charge is -2.27. The summed E-state index contributed by atoms with van der Waals surface area (Å²) in [5.74, 6) is -0.273. The minimum Gasteiger partial charge on any atom is -0.338 e. The molecule has 0 aromatic heterocycles. The summed E-state index contributed by atoms with van der Waals surface area (Å²) in [6.45, 7) is 4.46. The van der Waals surface area contributed by atoms with E-state index in [1.165, 1.54) is 37.0 Å². The molecule has 2 amide bonds. The van der Waals surface area contributed by atoms with Gasteiger partial charge in [-0.3, -0.25) is 0 Å². The molecule has 0 heterocycles. The second-order valence-corrected chi connectivity index (χ2v) is 6.37. The molecule has 0 aliphatic heterocycles. The second kappa shape index (κ2) is 7.43. The van der Waals surface area contributed by atoms with Gasteiger partial charge in [0.1, 0.15) is 5.82 Å². The van der Waals surface area contributed by atoms with Crippen LogP contribution < -0.4 is 10.6 Å². The maximum Gasteiger partial charge on any atom is 0.315 e. The van der Waals surface area contributed by atoms with Crippen molar-refractivity contribution in [1.29, 1.82) is 0 Å². The molecule has 0 bridgehead atoms. The predicted octanol–water partition coefficient (Wildman–Crippen LogP) is 4.25. The van der Waals surface area contributed by atoms with Gasteiger partial charge >= 0.3 is 6.03 Å². The SMILES string of the molecule is CC(C)(NC(=O)NCCC1=CCCCC1)c1ccc(F)cc1. The van der Waals surface area contributed by atoms with Gasteiger partial charge in [0.05, 0.1) is 5.54 Å². The molecule has 1 aliphatic rings. The highest BCUT2D eigenvalue weighted by Gasteiger charge is 2.22. The van der Waals surface area contributed by atoms with Gasteiger partial charge in [0, 0.05) is 6.54 Å². The minimum absolute atomic E-state index is 0.189. The van der Waals surface area contributed by atoms with Gasteiger partial charge in [0.25, 0.3) is 0 Å². The van der Waals surface area contributed by atoms with Crippen LogP contribution in [0.25, 0.3) is 0 Å². The molecule has 0 saturated carbocycles. The first kappa shape index (κ1) is 16.5. The van der Waals surface area contributed by atoms with Gasteiger partial charge in [-0.1, -0.05) is 23.8 Å². The molecular weight excluding hydrogens is 279 g/mol. The van der Waals surface area contributed by atoms with Crippen molar-refractivity contribution in [3.05, 3.63) is 47.3 Å². The average Bonchev–Trinajstić information content (AvgIpc) is 2.48. The van der Waals surface area contributed by atoms with Gasteiger partial charge in [-0.25, -0.2) is 9.18 Å². The summed E-state index contributed by atoms with van der Waals surface area (Å²) in [6, 6.07) is 6.02. The zero-order valence-corrected chi connectivity index (χ0v) is 13.4. The van der Waals surface area contributed by atoms with E-state index in [1.807, 2.05) is 13.8 Å². The minimum atomic E-state index is -0.540. The van der Waals surface area contributed by atoms with Crippen LogP contribution in [0.15, 0.2) is 35.9 Å². The summed E-state index contributed by atoms with van der Waals surface area (Å²) in [6.07, 6.45) is 8.08. The van der Waals surface area contributed by atoms with Crippen LogP contribution in [-0.4, -0.2) is 12.6 Å². The Morgan fingerprint density at radius 3 is 2.59 bits per heavy atom. The van der Waals surface area contributed by atoms with E-state index < -0.39 is 5.54 Å². The van der Waals surface area contributed by atoms with E-state index in [0.717, 1.165) is 18.4 Å². The number of carbonyl (C=O) groups is 1. The van der Waals surface area contributed by atoms with Crippen molar-refractivity contribution in [3.63, 3.8) is 0 Å². The number of carbonyl (C=O) groups excluding carboxylic acids is 1. The Kier molecular flexibility index (Phi) is 5.58. The van der Waals surface area contributed by atoms with Gasteiger partial charge in [0.2, 0.25) is 0 Å². The number of benzene rings is 1. The zero-order valence-electron chi connectivity index (χ0n) is 13.4. The number of amides is 2. The summed E-state index contributed by atoms with van der Waals surface area (Å²) in [5, 5.41) is 5.84. The summed E-state index contributed by atoms with van der Waals surface area (Å²) in [5.41, 5.74) is 1.78. The molecule has 1 aliphatic carbocycles. The second-order valence-electron chi connectivity index (χ2n) is 6.37. The average molecular weight is 304 g/mol. The Balaban J connectivity index is 1.80. The topological polar surface area (TPSA) is 41.1 Å². The van der Waals surface area contributed by atoms with E-state index in [4.69, 9.17) is 0 Å². The van der Waals surface area contributed by atoms with Crippen molar-refractivity contribution in [2.24, 2.45) is 0 Å². The largest absolute Gasteiger partial charge is 0.338 e. The molecule has 1 aromatic rings. The summed E-state index contributed by atoms with van der Waals surface area (Å²) < 4.78 is 13.0. The molecule has 0 atom stereocenters. The van der Waals surface area contributed by atoms with Crippen molar-refractivity contribution in [3.8, 4) is 0 Å². The fourth-order valence-electron chi connectivity index (χ4n) is 2.74. The van der Waals surface area contributed by atoms with E-state index in [2.05, 4.69) is 16.7 Å². The highest BCUT2D eigenvalue weighted by molar-refractivity contribution is 5.75. The lowest BCUT2D eigenvalue weighted by Crippen LogP contribution is -2.46. The highest BCUT2D eigenvalue weighted by Crippen LogP contribution is 2.21. The number of halogens is 1. The van der Waals surface area contributed by atoms with Gasteiger partial charge < -0.3 is 10.6 Å². The Hall–Kier alpha value is -1.84. The number of urea groups is 1. The Morgan fingerprint density at radius 2 is 1.95 bits per heavy atom. The lowest BCUT2D eigenvalue weighted by atomic mass is 9.94. The maximum atomic E-state index is 13.0. The van der Waals surface area contributed by atoms with E-state index >= 15 is 0 Å². The first-order valence-electron chi connectivity index (χ1n) is 7.97. The van der Waals surface area contributed by atoms with Gasteiger partial charge in [0.15, 0.2) is 0 Å². The Labute approximate surface area is 132 Å². The monoisotopic (exact) mass is 304 g/mol. The number of rotatable bonds is 5. The molecule has 0 fully saturated rings. The first-order chi connectivity index (χ1) is 10.5. The van der Waals surface area contributed by atoms with Gasteiger partial charge in [-0.05, 0) is 63.6 Å². The third-order valence-electron chi connectivity index (χ3n) is 4.11. The van der Waals surface area contributed by atoms with E-state index in [9.17, 15) is 9.18 Å². The standard InChI is InChI=1S/C18H25FN2O/c1-18(2,15-8-10-16(19)11-9-15)21-17(22)20-13-12-14-6-4-3-5-7-14/h6,8-11H,3-5,7,12-13H2,1-2H3,(H2,20,21,22). The first-order valence-corrected chi connectivity index (χ1v) is 7.97. The van der Waals surface area contributed by atoms with Crippen LogP contribution in [0.2, 0.25) is 0 Å². The maximum absolute atomic E-state index is 13.0. The van der Waals surface area contributed by atoms with Crippen LogP contribution in [0.5, 0.6) is 0 Å². The molecule has 0 unspecified atom stereocenters. The smallest absolute Gasteiger partial charge is 0.315 e. The van der Waals surface area contributed by atoms with Crippen molar-refractivity contribution in [2.45, 2.75) is 51.5 Å². The van der Waals surface area contributed by atoms with Crippen LogP contribution in [0.1, 0.15) is 51.5 Å². The number of hydrogen-bond acceptors (Lipinski definition) is 1. The van der Waals surface area contributed by atoms with Crippen molar-refractivity contribution in [1.82, 2.24) is 10.6 Å². The number of nitrogens with one attached hydrogen (secondary N) is 2. The Morgan fingerprint density at radius 1 is 1.23 bits per heavy atom. The fourth-order valence-corrected chi connectivity index (χ4v) is 2.74. The summed E-state index contributed by atoms with van der Waals surface area (Å²) >= 11 is 0. The lowest BCUT2D eigenvalue weighted by molar-refractivity contribution is 0.230. The molecule has 0 radical (unpaired) electrons. The summed E-state index contributed by atoms with van der Waals surface area (Å²) in [4.78, 5) is 12.0. The van der Waals surface area contributed by atoms with Crippen molar-refractivity contribution >= 4 is 6.03 Å². The van der Waals surface area contributed by atoms with E-state index in [0.29, 0.717) is 6.54 Å². The molecule has 120 valence electrons. The quantitative estimate of drug-likeness (QED) is 0.784. The molecule has 3 nitrogen and oxygen atoms in total. The van der Waals surface area contributed by atoms with Gasteiger partial charge in [-0.15, -0.1) is 0 Å². The molecule has 0 saturated heterocycles. The molecule has 4 heteroatoms.